The van der Waals surface area contributed by atoms with E-state index in [1.807, 2.05) is 25.1 Å². The zero-order chi connectivity index (χ0) is 18.9. The molecule has 0 spiro atoms. The van der Waals surface area contributed by atoms with E-state index in [9.17, 15) is 13.2 Å². The Balaban J connectivity index is 1.82. The first-order chi connectivity index (χ1) is 12.3. The van der Waals surface area contributed by atoms with Crippen molar-refractivity contribution in [3.63, 3.8) is 0 Å². The number of sulfone groups is 1. The lowest BCUT2D eigenvalue weighted by Crippen LogP contribution is -2.15. The smallest absolute Gasteiger partial charge is 0.228 e. The van der Waals surface area contributed by atoms with Crippen LogP contribution in [0.3, 0.4) is 0 Å². The Kier molecular flexibility index (Phi) is 4.87. The van der Waals surface area contributed by atoms with E-state index >= 15 is 0 Å². The Hall–Kier alpha value is -2.60. The molecule has 6 heteroatoms. The second-order valence-electron chi connectivity index (χ2n) is 6.42. The van der Waals surface area contributed by atoms with Gasteiger partial charge in [0, 0.05) is 22.9 Å². The number of amides is 1. The van der Waals surface area contributed by atoms with Crippen LogP contribution in [-0.4, -0.2) is 20.6 Å². The molecule has 0 saturated heterocycles. The summed E-state index contributed by atoms with van der Waals surface area (Å²) in [5.41, 5.74) is 4.05. The lowest BCUT2D eigenvalue weighted by atomic mass is 10.1. The molecule has 0 fully saturated rings. The van der Waals surface area contributed by atoms with Crippen LogP contribution < -0.4 is 5.32 Å². The molecule has 136 valence electrons. The lowest BCUT2D eigenvalue weighted by molar-refractivity contribution is -0.115. The fourth-order valence-corrected chi connectivity index (χ4v) is 3.47. The number of rotatable bonds is 5. The highest BCUT2D eigenvalue weighted by Crippen LogP contribution is 2.24. The normalized spacial score (nSPS) is 11.7. The fraction of sp³-hybridized carbons (Fsp3) is 0.250. The molecule has 0 aliphatic carbocycles. The Morgan fingerprint density at radius 2 is 1.92 bits per heavy atom. The number of hydrogen-bond donors (Lipinski definition) is 1. The predicted octanol–water partition coefficient (Wildman–Crippen LogP) is 3.89. The van der Waals surface area contributed by atoms with Crippen molar-refractivity contribution in [1.82, 2.24) is 0 Å². The number of anilines is 1. The van der Waals surface area contributed by atoms with E-state index in [1.165, 1.54) is 17.7 Å². The Morgan fingerprint density at radius 3 is 2.62 bits per heavy atom. The number of benzene rings is 2. The van der Waals surface area contributed by atoms with Crippen LogP contribution in [0.4, 0.5) is 5.69 Å². The highest BCUT2D eigenvalue weighted by molar-refractivity contribution is 7.90. The Bertz CT molecular complexity index is 1080. The van der Waals surface area contributed by atoms with Crippen molar-refractivity contribution in [3.05, 3.63) is 59.4 Å². The molecule has 0 aliphatic heterocycles. The maximum absolute atomic E-state index is 12.5. The summed E-state index contributed by atoms with van der Waals surface area (Å²) in [5.74, 6) is -0.221. The van der Waals surface area contributed by atoms with Crippen molar-refractivity contribution in [3.8, 4) is 0 Å². The molecule has 2 aromatic carbocycles. The molecule has 5 nitrogen and oxygen atoms in total. The lowest BCUT2D eigenvalue weighted by Gasteiger charge is -2.10. The van der Waals surface area contributed by atoms with Crippen LogP contribution in [0.2, 0.25) is 0 Å². The summed E-state index contributed by atoms with van der Waals surface area (Å²) in [6.45, 7) is 3.90. The van der Waals surface area contributed by atoms with Crippen molar-refractivity contribution in [2.45, 2.75) is 31.6 Å². The van der Waals surface area contributed by atoms with Gasteiger partial charge in [0.2, 0.25) is 5.91 Å². The van der Waals surface area contributed by atoms with Crippen LogP contribution in [0.15, 0.2) is 52.0 Å². The standard InChI is InChI=1S/C20H21NO4S/c1-4-14-6-8-17-15(12-25-19(17)9-14)10-20(22)21-18-11-16(26(3,23)24)7-5-13(18)2/h5-9,11-12H,4,10H2,1-3H3,(H,21,22). The van der Waals surface area contributed by atoms with Gasteiger partial charge in [0.25, 0.3) is 0 Å². The number of carbonyl (C=O) groups is 1. The first kappa shape index (κ1) is 18.2. The van der Waals surface area contributed by atoms with Gasteiger partial charge in [0.15, 0.2) is 9.84 Å². The second kappa shape index (κ2) is 6.96. The fourth-order valence-electron chi connectivity index (χ4n) is 2.82. The quantitative estimate of drug-likeness (QED) is 0.738. The molecule has 1 amide bonds. The van der Waals surface area contributed by atoms with Crippen LogP contribution in [0.5, 0.6) is 0 Å². The molecule has 0 saturated carbocycles. The first-order valence-electron chi connectivity index (χ1n) is 8.37. The molecule has 0 radical (unpaired) electrons. The van der Waals surface area contributed by atoms with Crippen molar-refractivity contribution < 1.29 is 17.6 Å². The molecular formula is C20H21NO4S. The molecule has 1 heterocycles. The summed E-state index contributed by atoms with van der Waals surface area (Å²) in [7, 11) is -3.33. The highest BCUT2D eigenvalue weighted by atomic mass is 32.2. The minimum atomic E-state index is -3.33. The predicted molar refractivity (Wildman–Crippen MR) is 102 cm³/mol. The van der Waals surface area contributed by atoms with Gasteiger partial charge in [-0.25, -0.2) is 8.42 Å². The summed E-state index contributed by atoms with van der Waals surface area (Å²) in [6.07, 6.45) is 3.82. The first-order valence-corrected chi connectivity index (χ1v) is 10.3. The Morgan fingerprint density at radius 1 is 1.15 bits per heavy atom. The van der Waals surface area contributed by atoms with Crippen molar-refractivity contribution in [1.29, 1.82) is 0 Å². The summed E-state index contributed by atoms with van der Waals surface area (Å²) in [4.78, 5) is 12.6. The van der Waals surface area contributed by atoms with Crippen molar-refractivity contribution in [2.75, 3.05) is 11.6 Å². The number of hydrogen-bond acceptors (Lipinski definition) is 4. The minimum Gasteiger partial charge on any atom is -0.464 e. The van der Waals surface area contributed by atoms with Crippen LogP contribution in [-0.2, 0) is 27.5 Å². The van der Waals surface area contributed by atoms with Gasteiger partial charge in [0.05, 0.1) is 17.6 Å². The number of fused-ring (bicyclic) bond motifs is 1. The van der Waals surface area contributed by atoms with Crippen LogP contribution in [0.25, 0.3) is 11.0 Å². The van der Waals surface area contributed by atoms with Crippen LogP contribution in [0.1, 0.15) is 23.6 Å². The summed E-state index contributed by atoms with van der Waals surface area (Å²) in [6, 6.07) is 10.7. The van der Waals surface area contributed by atoms with Crippen LogP contribution >= 0.6 is 0 Å². The molecule has 1 N–H and O–H groups in total. The average Bonchev–Trinajstić information content (AvgIpc) is 2.97. The van der Waals surface area contributed by atoms with Gasteiger partial charge in [-0.1, -0.05) is 25.1 Å². The summed E-state index contributed by atoms with van der Waals surface area (Å²) in [5, 5.41) is 3.72. The van der Waals surface area contributed by atoms with E-state index in [0.29, 0.717) is 5.69 Å². The summed E-state index contributed by atoms with van der Waals surface area (Å²) < 4.78 is 29.0. The van der Waals surface area contributed by atoms with Gasteiger partial charge in [-0.3, -0.25) is 4.79 Å². The van der Waals surface area contributed by atoms with Crippen molar-refractivity contribution in [2.24, 2.45) is 0 Å². The third-order valence-corrected chi connectivity index (χ3v) is 5.50. The molecule has 0 atom stereocenters. The number of aryl methyl sites for hydroxylation is 2. The SMILES string of the molecule is CCc1ccc2c(CC(=O)Nc3cc(S(C)(=O)=O)ccc3C)coc2c1. The second-order valence-corrected chi connectivity index (χ2v) is 8.43. The van der Waals surface area contributed by atoms with Gasteiger partial charge < -0.3 is 9.73 Å². The van der Waals surface area contributed by atoms with Gasteiger partial charge in [-0.2, -0.15) is 0 Å². The largest absolute Gasteiger partial charge is 0.464 e. The van der Waals surface area contributed by atoms with Crippen molar-refractivity contribution >= 4 is 32.4 Å². The maximum Gasteiger partial charge on any atom is 0.228 e. The number of carbonyl (C=O) groups excluding carboxylic acids is 1. The zero-order valence-electron chi connectivity index (χ0n) is 15.0. The number of furan rings is 1. The molecule has 26 heavy (non-hydrogen) atoms. The third-order valence-electron chi connectivity index (χ3n) is 4.39. The zero-order valence-corrected chi connectivity index (χ0v) is 15.8. The van der Waals surface area contributed by atoms with E-state index in [-0.39, 0.29) is 17.2 Å². The monoisotopic (exact) mass is 371 g/mol. The molecular weight excluding hydrogens is 350 g/mol. The molecule has 3 rings (SSSR count). The van der Waals surface area contributed by atoms with Gasteiger partial charge in [-0.05, 0) is 42.7 Å². The van der Waals surface area contributed by atoms with Gasteiger partial charge in [-0.15, -0.1) is 0 Å². The average molecular weight is 371 g/mol. The molecule has 0 aliphatic rings. The van der Waals surface area contributed by atoms with Gasteiger partial charge in [0.1, 0.15) is 5.58 Å². The van der Waals surface area contributed by atoms with E-state index in [4.69, 9.17) is 4.42 Å². The topological polar surface area (TPSA) is 76.4 Å². The third kappa shape index (κ3) is 3.80. The minimum absolute atomic E-state index is 0.154. The molecule has 0 bridgehead atoms. The number of nitrogens with one attached hydrogen (secondary N) is 1. The van der Waals surface area contributed by atoms with Gasteiger partial charge >= 0.3 is 0 Å². The maximum atomic E-state index is 12.5. The van der Waals surface area contributed by atoms with E-state index < -0.39 is 9.84 Å². The summed E-state index contributed by atoms with van der Waals surface area (Å²) >= 11 is 0. The van der Waals surface area contributed by atoms with E-state index in [2.05, 4.69) is 12.2 Å². The molecule has 0 unspecified atom stereocenters. The molecule has 3 aromatic rings. The Labute approximate surface area is 152 Å². The van der Waals surface area contributed by atoms with E-state index in [1.54, 1.807) is 12.3 Å². The van der Waals surface area contributed by atoms with Crippen LogP contribution in [0, 0.1) is 6.92 Å². The molecule has 1 aromatic heterocycles. The van der Waals surface area contributed by atoms with E-state index in [0.717, 1.165) is 34.8 Å². The highest BCUT2D eigenvalue weighted by Gasteiger charge is 2.14.